The van der Waals surface area contributed by atoms with Crippen molar-refractivity contribution < 1.29 is 9.90 Å². The maximum atomic E-state index is 10.8. The summed E-state index contributed by atoms with van der Waals surface area (Å²) in [7, 11) is 0. The van der Waals surface area contributed by atoms with Crippen LogP contribution in [0.2, 0.25) is 0 Å². The Morgan fingerprint density at radius 3 is 2.88 bits per heavy atom. The van der Waals surface area contributed by atoms with Crippen LogP contribution in [0, 0.1) is 0 Å². The first-order valence-electron chi connectivity index (χ1n) is 5.50. The van der Waals surface area contributed by atoms with Gasteiger partial charge in [-0.25, -0.2) is 0 Å². The van der Waals surface area contributed by atoms with Crippen LogP contribution in [0.15, 0.2) is 30.5 Å². The number of hydrogen-bond donors (Lipinski definition) is 2. The van der Waals surface area contributed by atoms with Crippen molar-refractivity contribution in [2.24, 2.45) is 0 Å². The number of carboxylic acids is 1. The highest BCUT2D eigenvalue weighted by atomic mass is 16.4. The van der Waals surface area contributed by atoms with Gasteiger partial charge >= 0.3 is 5.97 Å². The zero-order chi connectivity index (χ0) is 11.5. The van der Waals surface area contributed by atoms with Gasteiger partial charge in [0, 0.05) is 17.1 Å². The number of rotatable bonds is 4. The van der Waals surface area contributed by atoms with Crippen molar-refractivity contribution in [2.75, 3.05) is 0 Å². The largest absolute Gasteiger partial charge is 0.481 e. The molecule has 0 aliphatic heterocycles. The summed E-state index contributed by atoms with van der Waals surface area (Å²) in [5.41, 5.74) is 2.18. The second kappa shape index (κ2) is 4.39. The lowest BCUT2D eigenvalue weighted by molar-refractivity contribution is -0.137. The number of aromatic amines is 1. The summed E-state index contributed by atoms with van der Waals surface area (Å²) in [4.78, 5) is 14.0. The standard InChI is InChI=1S/C13H15NO2/c1-2-9(7-13(15)16)11-8-14-12-6-4-3-5-10(11)12/h3-6,8-9,14H,2,7H2,1H3,(H,15,16)/t9-/m0/s1. The van der Waals surface area contributed by atoms with Crippen molar-refractivity contribution >= 4 is 16.9 Å². The van der Waals surface area contributed by atoms with Crippen LogP contribution in [-0.2, 0) is 4.79 Å². The number of aliphatic carboxylic acids is 1. The van der Waals surface area contributed by atoms with Crippen LogP contribution in [0.1, 0.15) is 31.2 Å². The van der Waals surface area contributed by atoms with E-state index in [1.807, 2.05) is 37.4 Å². The molecular weight excluding hydrogens is 202 g/mol. The van der Waals surface area contributed by atoms with Crippen molar-refractivity contribution in [3.8, 4) is 0 Å². The molecule has 2 rings (SSSR count). The molecule has 16 heavy (non-hydrogen) atoms. The van der Waals surface area contributed by atoms with Crippen LogP contribution in [0.4, 0.5) is 0 Å². The molecule has 2 aromatic rings. The average molecular weight is 217 g/mol. The maximum Gasteiger partial charge on any atom is 0.303 e. The number of para-hydroxylation sites is 1. The lowest BCUT2D eigenvalue weighted by Gasteiger charge is -2.11. The Bertz CT molecular complexity index is 501. The molecule has 0 radical (unpaired) electrons. The van der Waals surface area contributed by atoms with Crippen molar-refractivity contribution in [1.82, 2.24) is 4.98 Å². The third kappa shape index (κ3) is 1.94. The molecule has 1 aromatic heterocycles. The van der Waals surface area contributed by atoms with Crippen LogP contribution >= 0.6 is 0 Å². The van der Waals surface area contributed by atoms with Gasteiger partial charge in [0.2, 0.25) is 0 Å². The van der Waals surface area contributed by atoms with E-state index in [0.717, 1.165) is 22.9 Å². The fourth-order valence-electron chi connectivity index (χ4n) is 2.12. The number of carbonyl (C=O) groups is 1. The molecule has 0 unspecified atom stereocenters. The number of aromatic nitrogens is 1. The summed E-state index contributed by atoms with van der Waals surface area (Å²) >= 11 is 0. The highest BCUT2D eigenvalue weighted by Crippen LogP contribution is 2.29. The molecule has 3 nitrogen and oxygen atoms in total. The van der Waals surface area contributed by atoms with Crippen LogP contribution in [0.3, 0.4) is 0 Å². The molecule has 1 heterocycles. The second-order valence-corrected chi connectivity index (χ2v) is 3.99. The molecule has 3 heteroatoms. The highest BCUT2D eigenvalue weighted by Gasteiger charge is 2.16. The normalized spacial score (nSPS) is 12.8. The second-order valence-electron chi connectivity index (χ2n) is 3.99. The summed E-state index contributed by atoms with van der Waals surface area (Å²) in [6.07, 6.45) is 2.97. The number of benzene rings is 1. The summed E-state index contributed by atoms with van der Waals surface area (Å²) < 4.78 is 0. The predicted octanol–water partition coefficient (Wildman–Crippen LogP) is 3.14. The molecule has 0 aliphatic carbocycles. The molecule has 2 N–H and O–H groups in total. The van der Waals surface area contributed by atoms with E-state index in [4.69, 9.17) is 5.11 Å². The quantitative estimate of drug-likeness (QED) is 0.826. The molecule has 0 spiro atoms. The fourth-order valence-corrected chi connectivity index (χ4v) is 2.12. The van der Waals surface area contributed by atoms with Crippen LogP contribution in [0.25, 0.3) is 10.9 Å². The smallest absolute Gasteiger partial charge is 0.303 e. The topological polar surface area (TPSA) is 53.1 Å². The third-order valence-electron chi connectivity index (χ3n) is 2.97. The summed E-state index contributed by atoms with van der Waals surface area (Å²) in [6.45, 7) is 2.02. The molecule has 84 valence electrons. The van der Waals surface area contributed by atoms with E-state index in [9.17, 15) is 4.79 Å². The Labute approximate surface area is 94.1 Å². The van der Waals surface area contributed by atoms with Crippen LogP contribution in [-0.4, -0.2) is 16.1 Å². The first kappa shape index (κ1) is 10.7. The van der Waals surface area contributed by atoms with Gasteiger partial charge in [-0.15, -0.1) is 0 Å². The van der Waals surface area contributed by atoms with Gasteiger partial charge in [-0.2, -0.15) is 0 Å². The van der Waals surface area contributed by atoms with Gasteiger partial charge < -0.3 is 10.1 Å². The van der Waals surface area contributed by atoms with Crippen molar-refractivity contribution in [2.45, 2.75) is 25.7 Å². The molecule has 0 aliphatic rings. The SMILES string of the molecule is CC[C@@H](CC(=O)O)c1c[nH]c2ccccc12. The maximum absolute atomic E-state index is 10.8. The molecule has 0 fully saturated rings. The molecule has 0 amide bonds. The van der Waals surface area contributed by atoms with Gasteiger partial charge in [0.1, 0.15) is 0 Å². The minimum atomic E-state index is -0.739. The van der Waals surface area contributed by atoms with E-state index in [0.29, 0.717) is 0 Å². The first-order chi connectivity index (χ1) is 7.72. The lowest BCUT2D eigenvalue weighted by atomic mass is 9.93. The van der Waals surface area contributed by atoms with Gasteiger partial charge in [0.25, 0.3) is 0 Å². The Morgan fingerprint density at radius 2 is 2.19 bits per heavy atom. The summed E-state index contributed by atoms with van der Waals surface area (Å²) in [5.74, 6) is -0.647. The lowest BCUT2D eigenvalue weighted by Crippen LogP contribution is -2.04. The molecule has 1 atom stereocenters. The number of nitrogens with one attached hydrogen (secondary N) is 1. The number of H-pyrrole nitrogens is 1. The van der Waals surface area contributed by atoms with Crippen molar-refractivity contribution in [1.29, 1.82) is 0 Å². The van der Waals surface area contributed by atoms with Crippen LogP contribution in [0.5, 0.6) is 0 Å². The van der Waals surface area contributed by atoms with Gasteiger partial charge in [0.15, 0.2) is 0 Å². The van der Waals surface area contributed by atoms with E-state index in [1.165, 1.54) is 0 Å². The first-order valence-corrected chi connectivity index (χ1v) is 5.50. The van der Waals surface area contributed by atoms with Gasteiger partial charge in [-0.1, -0.05) is 25.1 Å². The number of fused-ring (bicyclic) bond motifs is 1. The Balaban J connectivity index is 2.41. The average Bonchev–Trinajstić information content (AvgIpc) is 2.69. The minimum Gasteiger partial charge on any atom is -0.481 e. The Hall–Kier alpha value is -1.77. The number of carboxylic acid groups (broad SMARTS) is 1. The number of hydrogen-bond acceptors (Lipinski definition) is 1. The fraction of sp³-hybridized carbons (Fsp3) is 0.308. The van der Waals surface area contributed by atoms with E-state index < -0.39 is 5.97 Å². The van der Waals surface area contributed by atoms with E-state index >= 15 is 0 Å². The van der Waals surface area contributed by atoms with Crippen molar-refractivity contribution in [3.05, 3.63) is 36.0 Å². The molecule has 0 saturated heterocycles. The van der Waals surface area contributed by atoms with Crippen molar-refractivity contribution in [3.63, 3.8) is 0 Å². The van der Waals surface area contributed by atoms with E-state index in [1.54, 1.807) is 0 Å². The molecule has 0 bridgehead atoms. The Kier molecular flexibility index (Phi) is 2.95. The zero-order valence-corrected chi connectivity index (χ0v) is 9.23. The van der Waals surface area contributed by atoms with Gasteiger partial charge in [0.05, 0.1) is 6.42 Å². The minimum absolute atomic E-state index is 0.0913. The molecule has 0 saturated carbocycles. The highest BCUT2D eigenvalue weighted by molar-refractivity contribution is 5.84. The van der Waals surface area contributed by atoms with E-state index in [-0.39, 0.29) is 12.3 Å². The third-order valence-corrected chi connectivity index (χ3v) is 2.97. The van der Waals surface area contributed by atoms with Gasteiger partial charge in [-0.05, 0) is 24.0 Å². The monoisotopic (exact) mass is 217 g/mol. The van der Waals surface area contributed by atoms with E-state index in [2.05, 4.69) is 4.98 Å². The summed E-state index contributed by atoms with van der Waals surface area (Å²) in [5, 5.41) is 10.0. The summed E-state index contributed by atoms with van der Waals surface area (Å²) in [6, 6.07) is 7.99. The predicted molar refractivity (Wildman–Crippen MR) is 63.6 cm³/mol. The van der Waals surface area contributed by atoms with Gasteiger partial charge in [-0.3, -0.25) is 4.79 Å². The molecular formula is C13H15NO2. The Morgan fingerprint density at radius 1 is 1.44 bits per heavy atom. The zero-order valence-electron chi connectivity index (χ0n) is 9.23. The van der Waals surface area contributed by atoms with Crippen LogP contribution < -0.4 is 0 Å². The molecule has 1 aromatic carbocycles.